The number of hydrogen-bond donors (Lipinski definition) is 2. The Labute approximate surface area is 166 Å². The number of aliphatic hydroxyl groups is 1. The van der Waals surface area contributed by atoms with Gasteiger partial charge < -0.3 is 15.2 Å². The van der Waals surface area contributed by atoms with Crippen LogP contribution in [0.3, 0.4) is 0 Å². The zero-order chi connectivity index (χ0) is 19.9. The molecule has 1 amide bonds. The molecule has 0 saturated heterocycles. The van der Waals surface area contributed by atoms with Gasteiger partial charge in [0.05, 0.1) is 30.2 Å². The Hall–Kier alpha value is -2.58. The third-order valence-electron chi connectivity index (χ3n) is 5.40. The first-order valence-electron chi connectivity index (χ1n) is 9.52. The fraction of sp³-hybridized carbons (Fsp3) is 0.500. The second-order valence-corrected chi connectivity index (χ2v) is 7.86. The summed E-state index contributed by atoms with van der Waals surface area (Å²) in [5.74, 6) is 1.17. The Balaban J connectivity index is 0.00000160. The van der Waals surface area contributed by atoms with Crippen LogP contribution in [0.4, 0.5) is 11.6 Å². The number of nitrogens with one attached hydrogen (secondary N) is 1. The maximum atomic E-state index is 12.7. The van der Waals surface area contributed by atoms with Crippen molar-refractivity contribution in [2.45, 2.75) is 50.9 Å². The van der Waals surface area contributed by atoms with Crippen molar-refractivity contribution in [3.63, 3.8) is 0 Å². The van der Waals surface area contributed by atoms with Crippen molar-refractivity contribution in [1.82, 2.24) is 15.0 Å². The molecule has 2 N–H and O–H groups in total. The van der Waals surface area contributed by atoms with E-state index in [-0.39, 0.29) is 27.5 Å². The van der Waals surface area contributed by atoms with Crippen molar-refractivity contribution in [3.8, 4) is 11.3 Å². The van der Waals surface area contributed by atoms with E-state index in [0.717, 1.165) is 24.8 Å². The van der Waals surface area contributed by atoms with Gasteiger partial charge in [-0.2, -0.15) is 0 Å². The minimum Gasteiger partial charge on any atom is -0.384 e. The van der Waals surface area contributed by atoms with E-state index in [4.69, 9.17) is 9.72 Å². The van der Waals surface area contributed by atoms with Gasteiger partial charge in [0.1, 0.15) is 5.60 Å². The van der Waals surface area contributed by atoms with Crippen LogP contribution in [0.5, 0.6) is 0 Å². The number of ether oxygens (including phenoxy) is 1. The lowest BCUT2D eigenvalue weighted by Gasteiger charge is -2.33. The van der Waals surface area contributed by atoms with E-state index in [1.165, 1.54) is 0 Å². The molecular formula is C20H29N5O3. The fourth-order valence-electron chi connectivity index (χ4n) is 3.82. The summed E-state index contributed by atoms with van der Waals surface area (Å²) in [4.78, 5) is 28.0. The molecule has 1 saturated carbocycles. The highest BCUT2D eigenvalue weighted by Crippen LogP contribution is 2.35. The predicted molar refractivity (Wildman–Crippen MR) is 109 cm³/mol. The lowest BCUT2D eigenvalue weighted by atomic mass is 10.0. The Morgan fingerprint density at radius 1 is 1.29 bits per heavy atom. The van der Waals surface area contributed by atoms with Gasteiger partial charge in [-0.15, -0.1) is 0 Å². The molecule has 152 valence electrons. The summed E-state index contributed by atoms with van der Waals surface area (Å²) in [5.41, 5.74) is 0.990. The molecule has 4 rings (SSSR count). The molecule has 2 aromatic heterocycles. The smallest absolute Gasteiger partial charge is 0.247 e. The maximum absolute atomic E-state index is 12.7. The number of methoxy groups -OCH3 is 1. The monoisotopic (exact) mass is 387 g/mol. The lowest BCUT2D eigenvalue weighted by Crippen LogP contribution is -2.46. The van der Waals surface area contributed by atoms with Gasteiger partial charge in [-0.1, -0.05) is 0 Å². The van der Waals surface area contributed by atoms with E-state index in [1.54, 1.807) is 44.3 Å². The van der Waals surface area contributed by atoms with Crippen LogP contribution in [0.25, 0.3) is 11.3 Å². The van der Waals surface area contributed by atoms with E-state index >= 15 is 0 Å². The number of nitrogens with zero attached hydrogens (tertiary/aromatic N) is 4. The lowest BCUT2D eigenvalue weighted by molar-refractivity contribution is -0.117. The van der Waals surface area contributed by atoms with Crippen LogP contribution in [-0.2, 0) is 15.1 Å². The standard InChI is InChI=1S/C20H25N5O3.2H2/c1-20(2,27)16-7-4-12(9-21-16)15-10-22-18-19(24-15)25(17(26)11-23-18)13-5-6-14(8-13)28-3;;/h4,7,9-10,13-14,27H,5-6,8,11H2,1-3H3,(H,22,23);2*1H/t13-,14+;;/m1../s1. The SMILES string of the molecule is CO[C@H]1CC[C@@H](N2C(=O)CNc3ncc(-c4ccc(C(C)(C)O)nc4)nc32)C1.[HH].[HH]. The number of amides is 1. The van der Waals surface area contributed by atoms with Crippen LogP contribution in [0.1, 0.15) is 41.7 Å². The first-order chi connectivity index (χ1) is 13.4. The first-order valence-corrected chi connectivity index (χ1v) is 9.52. The largest absolute Gasteiger partial charge is 0.384 e. The molecule has 2 aromatic rings. The van der Waals surface area contributed by atoms with Crippen LogP contribution in [-0.4, -0.2) is 51.8 Å². The minimum atomic E-state index is -1.01. The molecule has 8 nitrogen and oxygen atoms in total. The van der Waals surface area contributed by atoms with Gasteiger partial charge in [0.15, 0.2) is 11.6 Å². The molecule has 0 unspecified atom stereocenters. The number of carbonyl (C=O) groups is 1. The summed E-state index contributed by atoms with van der Waals surface area (Å²) in [7, 11) is 1.71. The van der Waals surface area contributed by atoms with E-state index in [0.29, 0.717) is 23.0 Å². The minimum absolute atomic E-state index is 0. The number of anilines is 2. The molecule has 1 fully saturated rings. The number of aromatic nitrogens is 3. The molecular weight excluding hydrogens is 358 g/mol. The highest BCUT2D eigenvalue weighted by molar-refractivity contribution is 6.01. The number of carbonyl (C=O) groups excluding carboxylic acids is 1. The van der Waals surface area contributed by atoms with Gasteiger partial charge >= 0.3 is 0 Å². The molecule has 0 radical (unpaired) electrons. The van der Waals surface area contributed by atoms with Crippen LogP contribution in [0.15, 0.2) is 24.5 Å². The summed E-state index contributed by atoms with van der Waals surface area (Å²) in [6.07, 6.45) is 6.14. The van der Waals surface area contributed by atoms with Gasteiger partial charge in [0.2, 0.25) is 5.91 Å². The zero-order valence-corrected chi connectivity index (χ0v) is 16.3. The summed E-state index contributed by atoms with van der Waals surface area (Å²) in [5, 5.41) is 13.1. The van der Waals surface area contributed by atoms with Crippen molar-refractivity contribution >= 4 is 17.5 Å². The van der Waals surface area contributed by atoms with E-state index < -0.39 is 5.60 Å². The maximum Gasteiger partial charge on any atom is 0.247 e. The number of rotatable bonds is 4. The van der Waals surface area contributed by atoms with Crippen LogP contribution in [0, 0.1) is 0 Å². The molecule has 8 heteroatoms. The van der Waals surface area contributed by atoms with Crippen LogP contribution < -0.4 is 10.2 Å². The second kappa shape index (κ2) is 7.10. The van der Waals surface area contributed by atoms with Crippen molar-refractivity contribution in [1.29, 1.82) is 0 Å². The van der Waals surface area contributed by atoms with Crippen LogP contribution >= 0.6 is 0 Å². The third-order valence-corrected chi connectivity index (χ3v) is 5.40. The van der Waals surface area contributed by atoms with Crippen molar-refractivity contribution in [2.24, 2.45) is 0 Å². The number of fused-ring (bicyclic) bond motifs is 1. The molecule has 2 aliphatic rings. The van der Waals surface area contributed by atoms with Gasteiger partial charge in [-0.05, 0) is 45.2 Å². The quantitative estimate of drug-likeness (QED) is 0.831. The van der Waals surface area contributed by atoms with E-state index in [2.05, 4.69) is 15.3 Å². The molecule has 2 atom stereocenters. The molecule has 28 heavy (non-hydrogen) atoms. The molecule has 1 aliphatic carbocycles. The first kappa shape index (κ1) is 18.8. The highest BCUT2D eigenvalue weighted by Gasteiger charge is 2.37. The van der Waals surface area contributed by atoms with E-state index in [9.17, 15) is 9.90 Å². The van der Waals surface area contributed by atoms with Crippen molar-refractivity contribution < 1.29 is 17.5 Å². The Morgan fingerprint density at radius 2 is 2.11 bits per heavy atom. The third kappa shape index (κ3) is 3.45. The fourth-order valence-corrected chi connectivity index (χ4v) is 3.82. The van der Waals surface area contributed by atoms with Gasteiger partial charge in [0, 0.05) is 27.8 Å². The molecule has 0 bridgehead atoms. The Bertz CT molecular complexity index is 889. The topological polar surface area (TPSA) is 100 Å². The summed E-state index contributed by atoms with van der Waals surface area (Å²) >= 11 is 0. The molecule has 3 heterocycles. The van der Waals surface area contributed by atoms with Crippen LogP contribution in [0.2, 0.25) is 0 Å². The highest BCUT2D eigenvalue weighted by atomic mass is 16.5. The average Bonchev–Trinajstić information content (AvgIpc) is 3.15. The normalized spacial score (nSPS) is 22.1. The van der Waals surface area contributed by atoms with Gasteiger partial charge in [-0.3, -0.25) is 14.7 Å². The second-order valence-electron chi connectivity index (χ2n) is 7.86. The summed E-state index contributed by atoms with van der Waals surface area (Å²) in [6, 6.07) is 3.70. The molecule has 0 spiro atoms. The summed E-state index contributed by atoms with van der Waals surface area (Å²) < 4.78 is 5.47. The number of hydrogen-bond acceptors (Lipinski definition) is 7. The average molecular weight is 387 g/mol. The Kier molecular flexibility index (Phi) is 4.76. The zero-order valence-electron chi connectivity index (χ0n) is 16.3. The molecule has 1 aliphatic heterocycles. The predicted octanol–water partition coefficient (Wildman–Crippen LogP) is 2.58. The number of pyridine rings is 1. The van der Waals surface area contributed by atoms with E-state index in [1.807, 2.05) is 6.07 Å². The van der Waals surface area contributed by atoms with Gasteiger partial charge in [-0.25, -0.2) is 9.97 Å². The molecule has 0 aromatic carbocycles. The summed E-state index contributed by atoms with van der Waals surface area (Å²) in [6.45, 7) is 3.60. The van der Waals surface area contributed by atoms with Crippen molar-refractivity contribution in [3.05, 3.63) is 30.2 Å². The van der Waals surface area contributed by atoms with Crippen molar-refractivity contribution in [2.75, 3.05) is 23.9 Å². The Morgan fingerprint density at radius 3 is 2.75 bits per heavy atom. The van der Waals surface area contributed by atoms with Gasteiger partial charge in [0.25, 0.3) is 0 Å².